The predicted octanol–water partition coefficient (Wildman–Crippen LogP) is 0.607. The molecule has 88 valence electrons. The van der Waals surface area contributed by atoms with Gasteiger partial charge in [0, 0.05) is 26.3 Å². The van der Waals surface area contributed by atoms with Crippen LogP contribution in [0.3, 0.4) is 0 Å². The van der Waals surface area contributed by atoms with Crippen LogP contribution in [-0.2, 0) is 9.53 Å². The van der Waals surface area contributed by atoms with Crippen LogP contribution in [0, 0.1) is 5.92 Å². The van der Waals surface area contributed by atoms with Crippen molar-refractivity contribution in [3.8, 4) is 0 Å². The van der Waals surface area contributed by atoms with Crippen molar-refractivity contribution in [1.29, 1.82) is 0 Å². The molecule has 0 bridgehead atoms. The van der Waals surface area contributed by atoms with Crippen LogP contribution >= 0.6 is 0 Å². The Labute approximate surface area is 91.8 Å². The van der Waals surface area contributed by atoms with Gasteiger partial charge in [0.1, 0.15) is 0 Å². The molecule has 0 aliphatic carbocycles. The van der Waals surface area contributed by atoms with Crippen molar-refractivity contribution in [1.82, 2.24) is 4.90 Å². The first-order valence-electron chi connectivity index (χ1n) is 5.64. The van der Waals surface area contributed by atoms with Crippen LogP contribution in [0.4, 0.5) is 0 Å². The normalized spacial score (nSPS) is 20.3. The lowest BCUT2D eigenvalue weighted by molar-refractivity contribution is -0.136. The van der Waals surface area contributed by atoms with Gasteiger partial charge in [0.25, 0.3) is 0 Å². The molecule has 1 rings (SSSR count). The zero-order valence-corrected chi connectivity index (χ0v) is 9.90. The van der Waals surface area contributed by atoms with E-state index in [9.17, 15) is 4.79 Å². The molecule has 0 unspecified atom stereocenters. The smallest absolute Gasteiger partial charge is 0.239 e. The molecule has 1 aliphatic heterocycles. The van der Waals surface area contributed by atoms with Crippen LogP contribution < -0.4 is 5.73 Å². The molecule has 1 amide bonds. The highest BCUT2D eigenvalue weighted by Gasteiger charge is 2.27. The van der Waals surface area contributed by atoms with Gasteiger partial charge in [-0.1, -0.05) is 13.8 Å². The van der Waals surface area contributed by atoms with E-state index >= 15 is 0 Å². The summed E-state index contributed by atoms with van der Waals surface area (Å²) in [5.41, 5.74) is 5.85. The van der Waals surface area contributed by atoms with Gasteiger partial charge >= 0.3 is 0 Å². The summed E-state index contributed by atoms with van der Waals surface area (Å²) < 4.78 is 5.27. The Kier molecular flexibility index (Phi) is 4.54. The van der Waals surface area contributed by atoms with Crippen molar-refractivity contribution < 1.29 is 9.53 Å². The van der Waals surface area contributed by atoms with Crippen molar-refractivity contribution in [2.75, 3.05) is 20.3 Å². The van der Waals surface area contributed by atoms with E-state index in [0.717, 1.165) is 26.1 Å². The van der Waals surface area contributed by atoms with Crippen LogP contribution in [0.1, 0.15) is 26.7 Å². The molecule has 0 radical (unpaired) electrons. The van der Waals surface area contributed by atoms with Crippen LogP contribution in [0.15, 0.2) is 0 Å². The molecule has 0 saturated carbocycles. The van der Waals surface area contributed by atoms with Crippen LogP contribution in [-0.4, -0.2) is 43.2 Å². The fourth-order valence-electron chi connectivity index (χ4n) is 1.77. The number of hydrogen-bond donors (Lipinski definition) is 1. The molecule has 0 aromatic heterocycles. The lowest BCUT2D eigenvalue weighted by atomic mass is 10.0. The van der Waals surface area contributed by atoms with Crippen molar-refractivity contribution >= 4 is 5.91 Å². The monoisotopic (exact) mass is 214 g/mol. The lowest BCUT2D eigenvalue weighted by Crippen LogP contribution is -2.50. The highest BCUT2D eigenvalue weighted by atomic mass is 16.5. The Morgan fingerprint density at radius 3 is 2.40 bits per heavy atom. The van der Waals surface area contributed by atoms with Gasteiger partial charge in [-0.15, -0.1) is 0 Å². The number of hydrogen-bond acceptors (Lipinski definition) is 3. The van der Waals surface area contributed by atoms with E-state index in [0.29, 0.717) is 6.04 Å². The number of nitrogens with two attached hydrogens (primary N) is 1. The first-order valence-corrected chi connectivity index (χ1v) is 5.64. The minimum atomic E-state index is -0.377. The van der Waals surface area contributed by atoms with Gasteiger partial charge in [0.15, 0.2) is 0 Å². The Balaban J connectivity index is 2.50. The molecule has 1 fully saturated rings. The van der Waals surface area contributed by atoms with E-state index in [1.165, 1.54) is 0 Å². The quantitative estimate of drug-likeness (QED) is 0.749. The average molecular weight is 214 g/mol. The predicted molar refractivity (Wildman–Crippen MR) is 59.4 cm³/mol. The highest BCUT2D eigenvalue weighted by Crippen LogP contribution is 2.14. The van der Waals surface area contributed by atoms with Crippen LogP contribution in [0.5, 0.6) is 0 Å². The number of nitrogens with zero attached hydrogens (tertiary/aromatic N) is 1. The topological polar surface area (TPSA) is 55.6 Å². The standard InChI is InChI=1S/C11H22N2O2/c1-8(2)10(12)11(14)13(3)9-4-6-15-7-5-9/h8-10H,4-7,12H2,1-3H3/t10-/m1/s1. The molecule has 2 N–H and O–H groups in total. The number of ether oxygens (including phenoxy) is 1. The minimum Gasteiger partial charge on any atom is -0.381 e. The van der Waals surface area contributed by atoms with E-state index in [1.54, 1.807) is 4.90 Å². The summed E-state index contributed by atoms with van der Waals surface area (Å²) in [4.78, 5) is 13.7. The molecule has 1 atom stereocenters. The molecule has 0 spiro atoms. The van der Waals surface area contributed by atoms with Crippen molar-refractivity contribution in [2.24, 2.45) is 11.7 Å². The van der Waals surface area contributed by atoms with Gasteiger partial charge in [-0.25, -0.2) is 0 Å². The molecule has 1 aliphatic rings. The number of amides is 1. The van der Waals surface area contributed by atoms with Crippen molar-refractivity contribution in [2.45, 2.75) is 38.8 Å². The maximum atomic E-state index is 11.9. The van der Waals surface area contributed by atoms with Gasteiger partial charge in [-0.3, -0.25) is 4.79 Å². The van der Waals surface area contributed by atoms with E-state index in [-0.39, 0.29) is 17.9 Å². The van der Waals surface area contributed by atoms with E-state index in [1.807, 2.05) is 20.9 Å². The fraction of sp³-hybridized carbons (Fsp3) is 0.909. The number of carbonyl (C=O) groups excluding carboxylic acids is 1. The summed E-state index contributed by atoms with van der Waals surface area (Å²) in [7, 11) is 1.85. The van der Waals surface area contributed by atoms with Gasteiger partial charge in [-0.2, -0.15) is 0 Å². The molecule has 0 aromatic rings. The number of rotatable bonds is 3. The lowest BCUT2D eigenvalue weighted by Gasteiger charge is -2.33. The second kappa shape index (κ2) is 5.47. The van der Waals surface area contributed by atoms with Crippen LogP contribution in [0.2, 0.25) is 0 Å². The average Bonchev–Trinajstić information content (AvgIpc) is 2.27. The molecular formula is C11H22N2O2. The third-order valence-electron chi connectivity index (χ3n) is 3.09. The zero-order chi connectivity index (χ0) is 11.4. The third kappa shape index (κ3) is 3.18. The summed E-state index contributed by atoms with van der Waals surface area (Å²) in [6.07, 6.45) is 1.85. The molecular weight excluding hydrogens is 192 g/mol. The first kappa shape index (κ1) is 12.5. The molecule has 1 heterocycles. The zero-order valence-electron chi connectivity index (χ0n) is 9.90. The second-order valence-electron chi connectivity index (χ2n) is 4.56. The minimum absolute atomic E-state index is 0.0527. The van der Waals surface area contributed by atoms with Gasteiger partial charge in [0.2, 0.25) is 5.91 Å². The maximum Gasteiger partial charge on any atom is 0.239 e. The number of likely N-dealkylation sites (N-methyl/N-ethyl adjacent to an activating group) is 1. The fourth-order valence-corrected chi connectivity index (χ4v) is 1.77. The second-order valence-corrected chi connectivity index (χ2v) is 4.56. The first-order chi connectivity index (χ1) is 7.04. The molecule has 15 heavy (non-hydrogen) atoms. The van der Waals surface area contributed by atoms with Crippen LogP contribution in [0.25, 0.3) is 0 Å². The van der Waals surface area contributed by atoms with Crippen molar-refractivity contribution in [3.63, 3.8) is 0 Å². The summed E-state index contributed by atoms with van der Waals surface area (Å²) in [6, 6.07) is -0.0751. The summed E-state index contributed by atoms with van der Waals surface area (Å²) in [5, 5.41) is 0. The molecule has 1 saturated heterocycles. The van der Waals surface area contributed by atoms with Gasteiger partial charge < -0.3 is 15.4 Å². The van der Waals surface area contributed by atoms with Gasteiger partial charge in [0.05, 0.1) is 6.04 Å². The Morgan fingerprint density at radius 2 is 1.93 bits per heavy atom. The Hall–Kier alpha value is -0.610. The Morgan fingerprint density at radius 1 is 1.40 bits per heavy atom. The van der Waals surface area contributed by atoms with E-state index in [2.05, 4.69) is 0 Å². The number of carbonyl (C=O) groups is 1. The molecule has 4 heteroatoms. The Bertz CT molecular complexity index is 213. The molecule has 0 aromatic carbocycles. The van der Waals surface area contributed by atoms with E-state index in [4.69, 9.17) is 10.5 Å². The maximum absolute atomic E-state index is 11.9. The summed E-state index contributed by atoms with van der Waals surface area (Å²) >= 11 is 0. The third-order valence-corrected chi connectivity index (χ3v) is 3.09. The van der Waals surface area contributed by atoms with Crippen molar-refractivity contribution in [3.05, 3.63) is 0 Å². The summed E-state index contributed by atoms with van der Waals surface area (Å²) in [5.74, 6) is 0.247. The largest absolute Gasteiger partial charge is 0.381 e. The SMILES string of the molecule is CC(C)[C@@H](N)C(=O)N(C)C1CCOCC1. The molecule has 4 nitrogen and oxygen atoms in total. The van der Waals surface area contributed by atoms with E-state index < -0.39 is 0 Å². The van der Waals surface area contributed by atoms with Gasteiger partial charge in [-0.05, 0) is 18.8 Å². The highest BCUT2D eigenvalue weighted by molar-refractivity contribution is 5.81. The summed E-state index contributed by atoms with van der Waals surface area (Å²) in [6.45, 7) is 5.44.